The molecule has 0 bridgehead atoms. The van der Waals surface area contributed by atoms with Gasteiger partial charge in [-0.3, -0.25) is 4.79 Å². The summed E-state index contributed by atoms with van der Waals surface area (Å²) in [6.45, 7) is 3.96. The lowest BCUT2D eigenvalue weighted by atomic mass is 10.0. The Balaban J connectivity index is 3.13. The standard InChI is InChI=1S/C15H28O2/c1-3-4-5-6-7-8-9-10-11-12-13-14(2)15(16)17/h4-5,14H,3,6-13H2,1-2H3,(H,16,17)/b5-4+. The lowest BCUT2D eigenvalue weighted by molar-refractivity contribution is -0.141. The maximum absolute atomic E-state index is 10.6. The summed E-state index contributed by atoms with van der Waals surface area (Å²) in [4.78, 5) is 10.6. The second kappa shape index (κ2) is 11.7. The molecule has 2 nitrogen and oxygen atoms in total. The lowest BCUT2D eigenvalue weighted by Crippen LogP contribution is -2.08. The van der Waals surface area contributed by atoms with Crippen LogP contribution in [-0.2, 0) is 4.79 Å². The average molecular weight is 240 g/mol. The number of carboxylic acids is 1. The number of carbonyl (C=O) groups is 1. The topological polar surface area (TPSA) is 37.3 Å². The fourth-order valence-electron chi connectivity index (χ4n) is 1.83. The maximum atomic E-state index is 10.6. The van der Waals surface area contributed by atoms with Gasteiger partial charge in [-0.2, -0.15) is 0 Å². The summed E-state index contributed by atoms with van der Waals surface area (Å²) in [7, 11) is 0. The van der Waals surface area contributed by atoms with Gasteiger partial charge in [-0.15, -0.1) is 0 Å². The minimum absolute atomic E-state index is 0.172. The minimum atomic E-state index is -0.660. The van der Waals surface area contributed by atoms with Crippen molar-refractivity contribution in [3.8, 4) is 0 Å². The van der Waals surface area contributed by atoms with E-state index >= 15 is 0 Å². The van der Waals surface area contributed by atoms with Gasteiger partial charge in [-0.25, -0.2) is 0 Å². The molecule has 0 saturated heterocycles. The highest BCUT2D eigenvalue weighted by Gasteiger charge is 2.09. The molecule has 2 heteroatoms. The largest absolute Gasteiger partial charge is 0.481 e. The van der Waals surface area contributed by atoms with Gasteiger partial charge in [0, 0.05) is 0 Å². The molecule has 0 spiro atoms. The number of aliphatic carboxylic acids is 1. The van der Waals surface area contributed by atoms with Gasteiger partial charge in [0.2, 0.25) is 0 Å². The first-order valence-electron chi connectivity index (χ1n) is 7.06. The van der Waals surface area contributed by atoms with Crippen LogP contribution in [0.5, 0.6) is 0 Å². The van der Waals surface area contributed by atoms with E-state index in [1.54, 1.807) is 6.92 Å². The summed E-state index contributed by atoms with van der Waals surface area (Å²) in [5.41, 5.74) is 0. The van der Waals surface area contributed by atoms with E-state index in [-0.39, 0.29) is 5.92 Å². The van der Waals surface area contributed by atoms with E-state index in [9.17, 15) is 4.79 Å². The van der Waals surface area contributed by atoms with Gasteiger partial charge in [-0.1, -0.05) is 58.1 Å². The quantitative estimate of drug-likeness (QED) is 0.416. The second-order valence-corrected chi connectivity index (χ2v) is 4.82. The van der Waals surface area contributed by atoms with Crippen LogP contribution in [0.3, 0.4) is 0 Å². The maximum Gasteiger partial charge on any atom is 0.306 e. The molecule has 0 rings (SSSR count). The van der Waals surface area contributed by atoms with Crippen LogP contribution in [0.4, 0.5) is 0 Å². The molecule has 1 N–H and O–H groups in total. The first-order valence-corrected chi connectivity index (χ1v) is 7.06. The Labute approximate surface area is 106 Å². The van der Waals surface area contributed by atoms with E-state index in [1.165, 1.54) is 38.5 Å². The average Bonchev–Trinajstić information content (AvgIpc) is 2.31. The molecule has 0 aromatic carbocycles. The van der Waals surface area contributed by atoms with Crippen molar-refractivity contribution in [1.82, 2.24) is 0 Å². The van der Waals surface area contributed by atoms with Gasteiger partial charge < -0.3 is 5.11 Å². The first kappa shape index (κ1) is 16.2. The SMILES string of the molecule is CC/C=C/CCCCCCCCC(C)C(=O)O. The van der Waals surface area contributed by atoms with Crippen molar-refractivity contribution in [1.29, 1.82) is 0 Å². The van der Waals surface area contributed by atoms with Crippen molar-refractivity contribution in [3.05, 3.63) is 12.2 Å². The molecule has 0 aliphatic heterocycles. The smallest absolute Gasteiger partial charge is 0.306 e. The van der Waals surface area contributed by atoms with Crippen LogP contribution in [0.2, 0.25) is 0 Å². The Morgan fingerprint density at radius 3 is 2.24 bits per heavy atom. The normalized spacial score (nSPS) is 13.1. The lowest BCUT2D eigenvalue weighted by Gasteiger charge is -2.05. The minimum Gasteiger partial charge on any atom is -0.481 e. The van der Waals surface area contributed by atoms with Gasteiger partial charge in [0.1, 0.15) is 0 Å². The van der Waals surface area contributed by atoms with Crippen molar-refractivity contribution in [3.63, 3.8) is 0 Å². The summed E-state index contributed by atoms with van der Waals surface area (Å²) in [6.07, 6.45) is 15.1. The van der Waals surface area contributed by atoms with E-state index in [2.05, 4.69) is 19.1 Å². The van der Waals surface area contributed by atoms with Gasteiger partial charge >= 0.3 is 5.97 Å². The van der Waals surface area contributed by atoms with Crippen LogP contribution in [0.25, 0.3) is 0 Å². The van der Waals surface area contributed by atoms with Gasteiger partial charge in [0.05, 0.1) is 5.92 Å². The van der Waals surface area contributed by atoms with Crippen LogP contribution in [0.1, 0.15) is 71.6 Å². The third-order valence-corrected chi connectivity index (χ3v) is 3.08. The number of hydrogen-bond acceptors (Lipinski definition) is 1. The Morgan fingerprint density at radius 2 is 1.65 bits per heavy atom. The molecule has 0 heterocycles. The molecule has 0 saturated carbocycles. The van der Waals surface area contributed by atoms with Gasteiger partial charge in [0.15, 0.2) is 0 Å². The summed E-state index contributed by atoms with van der Waals surface area (Å²) >= 11 is 0. The molecule has 0 radical (unpaired) electrons. The predicted octanol–water partition coefficient (Wildman–Crippen LogP) is 4.79. The van der Waals surface area contributed by atoms with Crippen LogP contribution in [-0.4, -0.2) is 11.1 Å². The third-order valence-electron chi connectivity index (χ3n) is 3.08. The molecule has 100 valence electrons. The zero-order valence-corrected chi connectivity index (χ0v) is 11.5. The van der Waals surface area contributed by atoms with Crippen LogP contribution < -0.4 is 0 Å². The Kier molecular flexibility index (Phi) is 11.1. The summed E-state index contributed by atoms with van der Waals surface area (Å²) < 4.78 is 0. The van der Waals surface area contributed by atoms with Crippen molar-refractivity contribution >= 4 is 5.97 Å². The van der Waals surface area contributed by atoms with Crippen molar-refractivity contribution in [2.45, 2.75) is 71.6 Å². The highest BCUT2D eigenvalue weighted by atomic mass is 16.4. The van der Waals surface area contributed by atoms with Gasteiger partial charge in [-0.05, 0) is 25.7 Å². The third kappa shape index (κ3) is 11.5. The molecule has 0 fully saturated rings. The van der Waals surface area contributed by atoms with E-state index < -0.39 is 5.97 Å². The summed E-state index contributed by atoms with van der Waals surface area (Å²) in [5, 5.41) is 8.72. The molecule has 0 aromatic heterocycles. The monoisotopic (exact) mass is 240 g/mol. The molecule has 0 aliphatic carbocycles. The highest BCUT2D eigenvalue weighted by Crippen LogP contribution is 2.12. The van der Waals surface area contributed by atoms with Gasteiger partial charge in [0.25, 0.3) is 0 Å². The molecule has 17 heavy (non-hydrogen) atoms. The zero-order valence-electron chi connectivity index (χ0n) is 11.5. The number of unbranched alkanes of at least 4 members (excludes halogenated alkanes) is 6. The van der Waals surface area contributed by atoms with Crippen LogP contribution in [0, 0.1) is 5.92 Å². The van der Waals surface area contributed by atoms with E-state index in [0.29, 0.717) is 0 Å². The Morgan fingerprint density at radius 1 is 1.06 bits per heavy atom. The highest BCUT2D eigenvalue weighted by molar-refractivity contribution is 5.69. The fourth-order valence-corrected chi connectivity index (χ4v) is 1.83. The first-order chi connectivity index (χ1) is 8.18. The molecule has 0 aromatic rings. The van der Waals surface area contributed by atoms with Crippen molar-refractivity contribution in [2.24, 2.45) is 5.92 Å². The Hall–Kier alpha value is -0.790. The number of allylic oxidation sites excluding steroid dienone is 2. The second-order valence-electron chi connectivity index (χ2n) is 4.82. The molecule has 0 aliphatic rings. The van der Waals surface area contributed by atoms with E-state index in [0.717, 1.165) is 19.3 Å². The predicted molar refractivity (Wildman–Crippen MR) is 73.2 cm³/mol. The molecular weight excluding hydrogens is 212 g/mol. The van der Waals surface area contributed by atoms with Crippen LogP contribution in [0.15, 0.2) is 12.2 Å². The van der Waals surface area contributed by atoms with E-state index in [1.807, 2.05) is 0 Å². The molecule has 1 unspecified atom stereocenters. The summed E-state index contributed by atoms with van der Waals surface area (Å²) in [6, 6.07) is 0. The molecular formula is C15H28O2. The number of hydrogen-bond donors (Lipinski definition) is 1. The summed E-state index contributed by atoms with van der Waals surface area (Å²) in [5.74, 6) is -0.832. The fraction of sp³-hybridized carbons (Fsp3) is 0.800. The molecule has 1 atom stereocenters. The Bertz CT molecular complexity index is 209. The number of rotatable bonds is 11. The van der Waals surface area contributed by atoms with Crippen LogP contribution >= 0.6 is 0 Å². The number of carboxylic acid groups (broad SMARTS) is 1. The molecule has 0 amide bonds. The zero-order chi connectivity index (χ0) is 12.9. The van der Waals surface area contributed by atoms with Crippen molar-refractivity contribution < 1.29 is 9.90 Å². The van der Waals surface area contributed by atoms with E-state index in [4.69, 9.17) is 5.11 Å². The van der Waals surface area contributed by atoms with Crippen molar-refractivity contribution in [2.75, 3.05) is 0 Å².